The predicted octanol–water partition coefficient (Wildman–Crippen LogP) is 4.66. The van der Waals surface area contributed by atoms with E-state index in [1.165, 1.54) is 0 Å². The Hall–Kier alpha value is -3.43. The van der Waals surface area contributed by atoms with Crippen LogP contribution >= 0.6 is 0 Å². The molecule has 3 aromatic heterocycles. The van der Waals surface area contributed by atoms with Gasteiger partial charge in [-0.3, -0.25) is 14.6 Å². The second kappa shape index (κ2) is 9.31. The molecule has 35 heavy (non-hydrogen) atoms. The lowest BCUT2D eigenvalue weighted by Gasteiger charge is -2.29. The third-order valence-electron chi connectivity index (χ3n) is 6.59. The first-order chi connectivity index (χ1) is 16.5. The van der Waals surface area contributed by atoms with Crippen LogP contribution in [0.3, 0.4) is 0 Å². The first-order valence-corrected chi connectivity index (χ1v) is 11.5. The maximum atomic E-state index is 13.2. The normalized spacial score (nSPS) is 14.3. The molecular weight excluding hydrogens is 461 g/mol. The lowest BCUT2D eigenvalue weighted by atomic mass is 9.87. The molecule has 0 atom stereocenters. The number of fused-ring (bicyclic) bond motifs is 3. The summed E-state index contributed by atoms with van der Waals surface area (Å²) in [5.74, 6) is -0.959. The third-order valence-corrected chi connectivity index (χ3v) is 6.59. The first kappa shape index (κ1) is 24.7. The molecule has 4 heterocycles. The molecule has 10 heteroatoms. The Kier molecular flexibility index (Phi) is 6.57. The summed E-state index contributed by atoms with van der Waals surface area (Å²) < 4.78 is 41.4. The van der Waals surface area contributed by atoms with Gasteiger partial charge in [-0.2, -0.15) is 13.2 Å². The highest BCUT2D eigenvalue weighted by Gasteiger charge is 2.33. The number of pyridine rings is 2. The van der Waals surface area contributed by atoms with Crippen LogP contribution in [0.5, 0.6) is 0 Å². The summed E-state index contributed by atoms with van der Waals surface area (Å²) in [4.78, 5) is 33.9. The summed E-state index contributed by atoms with van der Waals surface area (Å²) in [5.41, 5.74) is 1.17. The predicted molar refractivity (Wildman–Crippen MR) is 122 cm³/mol. The molecule has 1 aliphatic rings. The van der Waals surface area contributed by atoms with Gasteiger partial charge in [-0.05, 0) is 68.5 Å². The van der Waals surface area contributed by atoms with Gasteiger partial charge in [-0.1, -0.05) is 0 Å². The molecule has 0 saturated carbocycles. The fraction of sp³-hybridized carbons (Fsp3) is 0.440. The molecule has 0 unspecified atom stereocenters. The molecule has 1 amide bonds. The van der Waals surface area contributed by atoms with Gasteiger partial charge in [0.2, 0.25) is 5.91 Å². The average molecular weight is 489 g/mol. The number of halogens is 3. The van der Waals surface area contributed by atoms with Gasteiger partial charge in [-0.15, -0.1) is 0 Å². The zero-order valence-electron chi connectivity index (χ0n) is 19.6. The number of hydrogen-bond acceptors (Lipinski definition) is 4. The highest BCUT2D eigenvalue weighted by molar-refractivity contribution is 5.84. The Morgan fingerprint density at radius 2 is 1.91 bits per heavy atom. The fourth-order valence-electron chi connectivity index (χ4n) is 4.50. The van der Waals surface area contributed by atoms with Crippen LogP contribution in [0.2, 0.25) is 0 Å². The van der Waals surface area contributed by atoms with E-state index in [4.69, 9.17) is 0 Å². The summed E-state index contributed by atoms with van der Waals surface area (Å²) in [6.45, 7) is 4.30. The number of nitrogens with zero attached hydrogens (tertiary/aromatic N) is 4. The second-order valence-corrected chi connectivity index (χ2v) is 9.54. The van der Waals surface area contributed by atoms with E-state index in [0.29, 0.717) is 43.6 Å². The maximum Gasteiger partial charge on any atom is 0.433 e. The fourth-order valence-corrected chi connectivity index (χ4v) is 4.50. The van der Waals surface area contributed by atoms with Crippen molar-refractivity contribution in [3.05, 3.63) is 59.2 Å². The SMILES string of the molecule is CC(C)(CCCC(=O)N1CCc2c(n(Cc3ccnc(C(F)(F)F)c3)c3ncccc23)C1)C(=O)O. The zero-order chi connectivity index (χ0) is 25.4. The zero-order valence-corrected chi connectivity index (χ0v) is 19.6. The monoisotopic (exact) mass is 488 g/mol. The molecular formula is C25H27F3N4O3. The van der Waals surface area contributed by atoms with Gasteiger partial charge >= 0.3 is 12.1 Å². The van der Waals surface area contributed by atoms with Gasteiger partial charge in [0.05, 0.1) is 12.0 Å². The minimum atomic E-state index is -4.54. The Bertz CT molecular complexity index is 1270. The smallest absolute Gasteiger partial charge is 0.433 e. The molecule has 1 N–H and O–H groups in total. The maximum absolute atomic E-state index is 13.2. The Morgan fingerprint density at radius 3 is 2.63 bits per heavy atom. The number of carboxylic acids is 1. The van der Waals surface area contributed by atoms with Crippen LogP contribution in [0, 0.1) is 5.41 Å². The van der Waals surface area contributed by atoms with E-state index < -0.39 is 23.3 Å². The van der Waals surface area contributed by atoms with E-state index in [0.717, 1.165) is 28.9 Å². The van der Waals surface area contributed by atoms with Crippen molar-refractivity contribution in [3.63, 3.8) is 0 Å². The van der Waals surface area contributed by atoms with Crippen molar-refractivity contribution in [2.24, 2.45) is 5.41 Å². The number of carbonyl (C=O) groups is 2. The van der Waals surface area contributed by atoms with E-state index in [-0.39, 0.29) is 18.9 Å². The molecule has 0 aliphatic carbocycles. The largest absolute Gasteiger partial charge is 0.481 e. The van der Waals surface area contributed by atoms with Crippen LogP contribution in [-0.4, -0.2) is 43.0 Å². The highest BCUT2D eigenvalue weighted by Crippen LogP contribution is 2.32. The topological polar surface area (TPSA) is 88.3 Å². The van der Waals surface area contributed by atoms with Crippen LogP contribution in [0.1, 0.15) is 55.6 Å². The highest BCUT2D eigenvalue weighted by atomic mass is 19.4. The van der Waals surface area contributed by atoms with Crippen molar-refractivity contribution in [2.75, 3.05) is 6.54 Å². The van der Waals surface area contributed by atoms with E-state index in [1.807, 2.05) is 16.7 Å². The molecule has 0 aromatic carbocycles. The second-order valence-electron chi connectivity index (χ2n) is 9.54. The number of rotatable bonds is 7. The molecule has 1 aliphatic heterocycles. The minimum absolute atomic E-state index is 0.0649. The standard InChI is InChI=1S/C25H27F3N4O3/c1-24(2,23(34)35)9-3-6-21(33)31-12-8-17-18-5-4-10-30-22(18)32(19(17)15-31)14-16-7-11-29-20(13-16)25(26,27)28/h4-5,7,10-11,13H,3,6,8-9,12,14-15H2,1-2H3,(H,34,35). The number of aliphatic carboxylic acids is 1. The summed E-state index contributed by atoms with van der Waals surface area (Å²) in [6, 6.07) is 6.35. The number of amides is 1. The van der Waals surface area contributed by atoms with Crippen LogP contribution in [0.4, 0.5) is 13.2 Å². The molecule has 3 aromatic rings. The molecule has 0 spiro atoms. The average Bonchev–Trinajstić information content (AvgIpc) is 3.11. The van der Waals surface area contributed by atoms with Gasteiger partial charge in [0, 0.05) is 43.0 Å². The summed E-state index contributed by atoms with van der Waals surface area (Å²) >= 11 is 0. The van der Waals surface area contributed by atoms with Crippen LogP contribution in [0.25, 0.3) is 11.0 Å². The van der Waals surface area contributed by atoms with E-state index in [2.05, 4.69) is 9.97 Å². The molecule has 4 rings (SSSR count). The van der Waals surface area contributed by atoms with E-state index in [9.17, 15) is 27.9 Å². The number of hydrogen-bond donors (Lipinski definition) is 1. The Balaban J connectivity index is 1.58. The van der Waals surface area contributed by atoms with Crippen LogP contribution in [-0.2, 0) is 35.3 Å². The quantitative estimate of drug-likeness (QED) is 0.523. The molecule has 0 radical (unpaired) electrons. The molecule has 0 saturated heterocycles. The van der Waals surface area contributed by atoms with Crippen molar-refractivity contribution in [2.45, 2.75) is 58.8 Å². The lowest BCUT2D eigenvalue weighted by molar-refractivity contribution is -0.147. The van der Waals surface area contributed by atoms with Crippen LogP contribution in [0.15, 0.2) is 36.7 Å². The van der Waals surface area contributed by atoms with E-state index in [1.54, 1.807) is 31.0 Å². The molecule has 7 nitrogen and oxygen atoms in total. The number of alkyl halides is 3. The van der Waals surface area contributed by atoms with Gasteiger partial charge in [0.25, 0.3) is 0 Å². The lowest BCUT2D eigenvalue weighted by Crippen LogP contribution is -2.36. The molecule has 0 bridgehead atoms. The summed E-state index contributed by atoms with van der Waals surface area (Å²) in [5, 5.41) is 10.2. The van der Waals surface area contributed by atoms with Crippen molar-refractivity contribution in [3.8, 4) is 0 Å². The molecule has 0 fully saturated rings. The van der Waals surface area contributed by atoms with Crippen LogP contribution < -0.4 is 0 Å². The van der Waals surface area contributed by atoms with Crippen molar-refractivity contribution < 1.29 is 27.9 Å². The Morgan fingerprint density at radius 1 is 1.14 bits per heavy atom. The number of aromatic nitrogens is 3. The van der Waals surface area contributed by atoms with Gasteiger partial charge in [-0.25, -0.2) is 4.98 Å². The number of carboxylic acid groups (broad SMARTS) is 1. The minimum Gasteiger partial charge on any atom is -0.481 e. The van der Waals surface area contributed by atoms with Crippen molar-refractivity contribution >= 4 is 22.9 Å². The summed E-state index contributed by atoms with van der Waals surface area (Å²) in [6.07, 6.45) is -0.0385. The third kappa shape index (κ3) is 5.16. The van der Waals surface area contributed by atoms with Gasteiger partial charge < -0.3 is 14.6 Å². The number of carbonyl (C=O) groups excluding carboxylic acids is 1. The Labute approximate surface area is 200 Å². The van der Waals surface area contributed by atoms with Gasteiger partial charge in [0.1, 0.15) is 11.3 Å². The van der Waals surface area contributed by atoms with Crippen molar-refractivity contribution in [1.82, 2.24) is 19.4 Å². The van der Waals surface area contributed by atoms with Gasteiger partial charge in [0.15, 0.2) is 0 Å². The van der Waals surface area contributed by atoms with Crippen molar-refractivity contribution in [1.29, 1.82) is 0 Å². The van der Waals surface area contributed by atoms with E-state index >= 15 is 0 Å². The summed E-state index contributed by atoms with van der Waals surface area (Å²) in [7, 11) is 0. The first-order valence-electron chi connectivity index (χ1n) is 11.5. The molecule has 186 valence electrons.